The van der Waals surface area contributed by atoms with Crippen molar-refractivity contribution >= 4 is 37.6 Å². The predicted octanol–water partition coefficient (Wildman–Crippen LogP) is 19.1. The van der Waals surface area contributed by atoms with Gasteiger partial charge in [0.2, 0.25) is 0 Å². The van der Waals surface area contributed by atoms with Crippen molar-refractivity contribution in [1.29, 1.82) is 0 Å². The zero-order valence-corrected chi connectivity index (χ0v) is 43.8. The van der Waals surface area contributed by atoms with E-state index in [1.807, 2.05) is 0 Å². The van der Waals surface area contributed by atoms with Gasteiger partial charge in [-0.3, -0.25) is 0 Å². The van der Waals surface area contributed by atoms with Crippen molar-refractivity contribution in [1.82, 2.24) is 0 Å². The van der Waals surface area contributed by atoms with Crippen LogP contribution < -0.4 is 0 Å². The van der Waals surface area contributed by atoms with E-state index in [4.69, 9.17) is 1.41 Å². The predicted molar refractivity (Wildman–Crippen MR) is 242 cm³/mol. The third kappa shape index (κ3) is 20.0. The van der Waals surface area contributed by atoms with Crippen molar-refractivity contribution in [2.24, 2.45) is 0 Å². The molecule has 0 rings (SSSR count). The summed E-state index contributed by atoms with van der Waals surface area (Å²) in [5, 5.41) is 0. The molecular formula is C48H102OSn2. The number of hydrogen-bond donors (Lipinski definition) is 0. The van der Waals surface area contributed by atoms with Gasteiger partial charge in [-0.05, 0) is 0 Å². The van der Waals surface area contributed by atoms with Crippen molar-refractivity contribution in [2.75, 3.05) is 0 Å². The molecule has 0 amide bonds. The molecule has 3 heteroatoms. The molecular weight excluding hydrogens is 830 g/mol. The fraction of sp³-hybridized carbons (Fsp3) is 1.00. The summed E-state index contributed by atoms with van der Waals surface area (Å²) in [7, 11) is 0. The van der Waals surface area contributed by atoms with E-state index in [9.17, 15) is 0 Å². The molecule has 0 aliphatic heterocycles. The molecule has 0 N–H and O–H groups in total. The summed E-state index contributed by atoms with van der Waals surface area (Å²) in [4.78, 5) is 0. The van der Waals surface area contributed by atoms with Gasteiger partial charge in [0.25, 0.3) is 0 Å². The van der Waals surface area contributed by atoms with Crippen molar-refractivity contribution in [3.63, 3.8) is 0 Å². The Kier molecular flexibility index (Phi) is 34.7. The molecule has 0 saturated heterocycles. The summed E-state index contributed by atoms with van der Waals surface area (Å²) < 4.78 is 14.3. The number of rotatable bonds is 38. The fourth-order valence-corrected chi connectivity index (χ4v) is 78.3. The van der Waals surface area contributed by atoms with Crippen LogP contribution in [0, 0.1) is 0 Å². The first-order valence-electron chi connectivity index (χ1n) is 24.3. The molecule has 0 fully saturated rings. The minimum absolute atomic E-state index is 0.849. The summed E-state index contributed by atoms with van der Waals surface area (Å²) in [6.07, 6.45) is 42.5. The van der Waals surface area contributed by atoms with Crippen LogP contribution in [0.1, 0.15) is 276 Å². The van der Waals surface area contributed by atoms with E-state index in [-0.39, 0.29) is 0 Å². The maximum atomic E-state index is 9.16. The van der Waals surface area contributed by atoms with Gasteiger partial charge in [0, 0.05) is 0 Å². The van der Waals surface area contributed by atoms with E-state index < -0.39 is 37.6 Å². The van der Waals surface area contributed by atoms with Crippen LogP contribution in [0.25, 0.3) is 0 Å². The van der Waals surface area contributed by atoms with E-state index in [1.165, 1.54) is 193 Å². The summed E-state index contributed by atoms with van der Waals surface area (Å²) in [5.74, 6) is 0. The van der Waals surface area contributed by atoms with Gasteiger partial charge in [-0.2, -0.15) is 0 Å². The Balaban J connectivity index is 7.46. The normalized spacial score (nSPS) is 18.1. The van der Waals surface area contributed by atoms with Crippen LogP contribution in [0.3, 0.4) is 0 Å². The first-order valence-corrected chi connectivity index (χ1v) is 36.5. The van der Waals surface area contributed by atoms with Crippen molar-refractivity contribution < 1.29 is 1.41 Å². The van der Waals surface area contributed by atoms with Crippen LogP contribution in [0.5, 0.6) is 0 Å². The van der Waals surface area contributed by atoms with Crippen LogP contribution in [0.15, 0.2) is 0 Å². The summed E-state index contributed by atoms with van der Waals surface area (Å²) in [6, 6.07) is 0. The van der Waals surface area contributed by atoms with E-state index >= 15 is 0 Å². The zero-order chi connectivity index (χ0) is 38.4. The van der Waals surface area contributed by atoms with Gasteiger partial charge in [0.1, 0.15) is 0 Å². The number of unbranched alkanes of at least 4 members (excludes halogenated alkanes) is 18. The van der Waals surface area contributed by atoms with Crippen LogP contribution in [-0.2, 0) is 1.41 Å². The minimum atomic E-state index is -3.31. The van der Waals surface area contributed by atoms with Crippen molar-refractivity contribution in [2.45, 2.75) is 299 Å². The van der Waals surface area contributed by atoms with E-state index in [1.54, 1.807) is 0 Å². The van der Waals surface area contributed by atoms with Crippen LogP contribution >= 0.6 is 0 Å². The van der Waals surface area contributed by atoms with Gasteiger partial charge in [0.05, 0.1) is 0 Å². The Hall–Kier alpha value is 1.56. The molecule has 1 nitrogen and oxygen atoms in total. The molecule has 0 aromatic rings. The second kappa shape index (κ2) is 33.7. The topological polar surface area (TPSA) is 9.23 Å². The average Bonchev–Trinajstić information content (AvgIpc) is 3.12. The van der Waals surface area contributed by atoms with Crippen molar-refractivity contribution in [3.8, 4) is 0 Å². The van der Waals surface area contributed by atoms with Crippen LogP contribution in [0.2, 0.25) is 23.6 Å². The van der Waals surface area contributed by atoms with E-state index in [0.717, 1.165) is 23.6 Å². The van der Waals surface area contributed by atoms with Gasteiger partial charge in [-0.25, -0.2) is 0 Å². The second-order valence-electron chi connectivity index (χ2n) is 18.3. The zero-order valence-electron chi connectivity index (χ0n) is 38.1. The van der Waals surface area contributed by atoms with Crippen molar-refractivity contribution in [3.05, 3.63) is 0 Å². The van der Waals surface area contributed by atoms with Gasteiger partial charge in [0.15, 0.2) is 0 Å². The molecule has 0 radical (unpaired) electrons. The third-order valence-corrected chi connectivity index (χ3v) is 60.8. The summed E-state index contributed by atoms with van der Waals surface area (Å²) in [6.45, 7) is 31.1. The van der Waals surface area contributed by atoms with Gasteiger partial charge in [-0.15, -0.1) is 0 Å². The Bertz CT molecular complexity index is 588. The SMILES string of the molecule is CCCCCC[CH](C)[Sn]([O][Sn]([CH](C)CCCCCC)([CH](C)CCCCCC)[CH](C)CCCCCC)([CH](C)CCCCCC)[CH](C)CCCCCC. The fourth-order valence-electron chi connectivity index (χ4n) is 10.4. The second-order valence-corrected chi connectivity index (χ2v) is 49.4. The first-order chi connectivity index (χ1) is 24.6. The molecule has 51 heavy (non-hydrogen) atoms. The number of hydrogen-bond acceptors (Lipinski definition) is 1. The Labute approximate surface area is 335 Å². The standard InChI is InChI=1S/6C8H17.O.2Sn/c6*1-3-5-7-8-6-4-2;;;/h6*3H,4-8H2,1-2H3;;;. The Morgan fingerprint density at radius 3 is 0.549 bits per heavy atom. The van der Waals surface area contributed by atoms with Crippen LogP contribution in [-0.4, -0.2) is 37.6 Å². The first kappa shape index (κ1) is 52.6. The molecule has 6 unspecified atom stereocenters. The average molecular weight is 933 g/mol. The van der Waals surface area contributed by atoms with Crippen LogP contribution in [0.4, 0.5) is 0 Å². The van der Waals surface area contributed by atoms with E-state index in [0.29, 0.717) is 0 Å². The van der Waals surface area contributed by atoms with Gasteiger partial charge in [-0.1, -0.05) is 0 Å². The molecule has 0 heterocycles. The molecule has 0 aliphatic carbocycles. The molecule has 0 aromatic carbocycles. The molecule has 308 valence electrons. The molecule has 6 atom stereocenters. The molecule has 0 spiro atoms. The molecule has 0 aromatic heterocycles. The van der Waals surface area contributed by atoms with E-state index in [2.05, 4.69) is 83.1 Å². The molecule has 0 saturated carbocycles. The Morgan fingerprint density at radius 1 is 0.255 bits per heavy atom. The molecule has 0 bridgehead atoms. The molecule has 0 aliphatic rings. The third-order valence-electron chi connectivity index (χ3n) is 13.9. The quantitative estimate of drug-likeness (QED) is 0.0443. The summed E-state index contributed by atoms with van der Waals surface area (Å²) in [5.41, 5.74) is 0. The van der Waals surface area contributed by atoms with Gasteiger partial charge >= 0.3 is 338 Å². The summed E-state index contributed by atoms with van der Waals surface area (Å²) >= 11 is -6.61. The van der Waals surface area contributed by atoms with Gasteiger partial charge < -0.3 is 0 Å². The maximum absolute atomic E-state index is 9.16. The Morgan fingerprint density at radius 2 is 0.412 bits per heavy atom. The monoisotopic (exact) mass is 935 g/mol.